The molecule has 4 heteroatoms. The Hall–Kier alpha value is -1.49. The van der Waals surface area contributed by atoms with Crippen LogP contribution in [0.1, 0.15) is 45.4 Å². The smallest absolute Gasteiger partial charge is 0.388 e. The molecule has 0 aliphatic carbocycles. The van der Waals surface area contributed by atoms with Gasteiger partial charge in [0, 0.05) is 6.61 Å². The molecule has 2 aromatic carbocycles. The van der Waals surface area contributed by atoms with Crippen molar-refractivity contribution in [2.75, 3.05) is 19.9 Å². The van der Waals surface area contributed by atoms with Crippen LogP contribution in [0.3, 0.4) is 0 Å². The quantitative estimate of drug-likeness (QED) is 0.377. The molecule has 0 amide bonds. The average Bonchev–Trinajstić information content (AvgIpc) is 2.71. The van der Waals surface area contributed by atoms with Gasteiger partial charge in [0.1, 0.15) is 6.67 Å². The number of hydrogen-bond acceptors (Lipinski definition) is 2. The number of rotatable bonds is 13. The van der Waals surface area contributed by atoms with E-state index in [1.807, 2.05) is 60.7 Å². The van der Waals surface area contributed by atoms with Crippen molar-refractivity contribution in [2.45, 2.75) is 45.4 Å². The Morgan fingerprint density at radius 2 is 1.19 bits per heavy atom. The lowest BCUT2D eigenvalue weighted by Gasteiger charge is -2.31. The number of alkyl halides is 1. The summed E-state index contributed by atoms with van der Waals surface area (Å²) in [6.45, 7) is 2.43. The third-order valence-corrected chi connectivity index (χ3v) is 7.90. The van der Waals surface area contributed by atoms with Gasteiger partial charge in [-0.15, -0.1) is 0 Å². The standard InChI is InChI=1S/C22H31FO2Si/c1-2-3-4-5-6-13-19-24-26(25-20-18-23,21-14-9-7-10-15-21)22-16-11-8-12-17-22/h7-12,14-17H,2-6,13,18-20H2,1H3. The summed E-state index contributed by atoms with van der Waals surface area (Å²) in [7, 11) is -2.88. The molecule has 142 valence electrons. The van der Waals surface area contributed by atoms with E-state index in [2.05, 4.69) is 6.92 Å². The van der Waals surface area contributed by atoms with Gasteiger partial charge >= 0.3 is 8.56 Å². The number of halogens is 1. The molecule has 2 rings (SSSR count). The van der Waals surface area contributed by atoms with Gasteiger partial charge in [0.2, 0.25) is 0 Å². The van der Waals surface area contributed by atoms with Crippen molar-refractivity contribution in [3.63, 3.8) is 0 Å². The van der Waals surface area contributed by atoms with E-state index in [-0.39, 0.29) is 6.61 Å². The predicted molar refractivity (Wildman–Crippen MR) is 109 cm³/mol. The van der Waals surface area contributed by atoms with Crippen LogP contribution in [0.4, 0.5) is 4.39 Å². The second-order valence-electron chi connectivity index (χ2n) is 6.50. The molecule has 0 spiro atoms. The maximum Gasteiger partial charge on any atom is 0.407 e. The molecule has 2 aromatic rings. The monoisotopic (exact) mass is 374 g/mol. The Labute approximate surface area is 158 Å². The molecule has 0 aliphatic rings. The van der Waals surface area contributed by atoms with Crippen LogP contribution < -0.4 is 10.4 Å². The molecule has 0 unspecified atom stereocenters. The van der Waals surface area contributed by atoms with Crippen LogP contribution in [-0.2, 0) is 8.85 Å². The SMILES string of the molecule is CCCCCCCCO[Si](OCCF)(c1ccccc1)c1ccccc1. The Kier molecular flexibility index (Phi) is 9.60. The Morgan fingerprint density at radius 1 is 0.692 bits per heavy atom. The predicted octanol–water partition coefficient (Wildman–Crippen LogP) is 4.61. The normalized spacial score (nSPS) is 11.6. The minimum atomic E-state index is -2.88. The molecule has 0 radical (unpaired) electrons. The third kappa shape index (κ3) is 6.04. The molecule has 2 nitrogen and oxygen atoms in total. The highest BCUT2D eigenvalue weighted by molar-refractivity contribution is 6.92. The van der Waals surface area contributed by atoms with Crippen molar-refractivity contribution in [3.8, 4) is 0 Å². The van der Waals surface area contributed by atoms with Crippen molar-refractivity contribution < 1.29 is 13.2 Å². The zero-order valence-electron chi connectivity index (χ0n) is 15.8. The second kappa shape index (κ2) is 12.0. The summed E-state index contributed by atoms with van der Waals surface area (Å²) < 4.78 is 25.6. The van der Waals surface area contributed by atoms with Gasteiger partial charge in [-0.25, -0.2) is 4.39 Å². The first-order valence-electron chi connectivity index (χ1n) is 9.78. The summed E-state index contributed by atoms with van der Waals surface area (Å²) >= 11 is 0. The zero-order valence-corrected chi connectivity index (χ0v) is 16.8. The van der Waals surface area contributed by atoms with Crippen LogP contribution in [-0.4, -0.2) is 28.4 Å². The fourth-order valence-corrected chi connectivity index (χ4v) is 6.28. The maximum atomic E-state index is 13.0. The van der Waals surface area contributed by atoms with Crippen LogP contribution in [0, 0.1) is 0 Å². The molecule has 0 heterocycles. The molecule has 0 aliphatic heterocycles. The molecule has 0 saturated carbocycles. The van der Waals surface area contributed by atoms with Gasteiger partial charge in [-0.05, 0) is 16.8 Å². The molecule has 0 aromatic heterocycles. The molecule has 0 atom stereocenters. The highest BCUT2D eigenvalue weighted by atomic mass is 28.4. The van der Waals surface area contributed by atoms with E-state index in [4.69, 9.17) is 8.85 Å². The highest BCUT2D eigenvalue weighted by Crippen LogP contribution is 2.13. The fraction of sp³-hybridized carbons (Fsp3) is 0.455. The summed E-state index contributed by atoms with van der Waals surface area (Å²) in [5, 5.41) is 2.07. The van der Waals surface area contributed by atoms with E-state index in [9.17, 15) is 4.39 Å². The summed E-state index contributed by atoms with van der Waals surface area (Å²) in [6, 6.07) is 20.1. The lowest BCUT2D eigenvalue weighted by Crippen LogP contribution is -2.63. The fourth-order valence-electron chi connectivity index (χ4n) is 3.14. The highest BCUT2D eigenvalue weighted by Gasteiger charge is 2.42. The van der Waals surface area contributed by atoms with Gasteiger partial charge in [-0.1, -0.05) is 99.7 Å². The molecule has 26 heavy (non-hydrogen) atoms. The van der Waals surface area contributed by atoms with Crippen molar-refractivity contribution in [1.82, 2.24) is 0 Å². The summed E-state index contributed by atoms with van der Waals surface area (Å²) in [5.74, 6) is 0. The Bertz CT molecular complexity index is 552. The molecule has 0 fully saturated rings. The Balaban J connectivity index is 2.14. The average molecular weight is 375 g/mol. The minimum absolute atomic E-state index is 0.0620. The topological polar surface area (TPSA) is 18.5 Å². The molecule has 0 saturated heterocycles. The molecule has 0 N–H and O–H groups in total. The largest absolute Gasteiger partial charge is 0.407 e. The lowest BCUT2D eigenvalue weighted by atomic mass is 10.1. The number of unbranched alkanes of at least 4 members (excludes halogenated alkanes) is 5. The molecular weight excluding hydrogens is 343 g/mol. The summed E-state index contributed by atoms with van der Waals surface area (Å²) in [6.07, 6.45) is 7.26. The second-order valence-corrected chi connectivity index (χ2v) is 9.47. The first kappa shape index (κ1) is 20.8. The van der Waals surface area contributed by atoms with Gasteiger partial charge in [0.15, 0.2) is 0 Å². The van der Waals surface area contributed by atoms with Gasteiger partial charge in [-0.3, -0.25) is 0 Å². The van der Waals surface area contributed by atoms with Gasteiger partial charge in [0.25, 0.3) is 0 Å². The van der Waals surface area contributed by atoms with E-state index in [0.29, 0.717) is 6.61 Å². The Morgan fingerprint density at radius 3 is 1.73 bits per heavy atom. The first-order chi connectivity index (χ1) is 12.8. The van der Waals surface area contributed by atoms with Gasteiger partial charge in [-0.2, -0.15) is 0 Å². The van der Waals surface area contributed by atoms with E-state index in [0.717, 1.165) is 23.2 Å². The van der Waals surface area contributed by atoms with Crippen LogP contribution >= 0.6 is 0 Å². The van der Waals surface area contributed by atoms with E-state index in [1.165, 1.54) is 25.7 Å². The van der Waals surface area contributed by atoms with Crippen molar-refractivity contribution in [3.05, 3.63) is 60.7 Å². The maximum absolute atomic E-state index is 13.0. The van der Waals surface area contributed by atoms with Crippen LogP contribution in [0.2, 0.25) is 0 Å². The van der Waals surface area contributed by atoms with Gasteiger partial charge in [0.05, 0.1) is 6.61 Å². The van der Waals surface area contributed by atoms with E-state index < -0.39 is 15.2 Å². The van der Waals surface area contributed by atoms with Crippen LogP contribution in [0.5, 0.6) is 0 Å². The zero-order chi connectivity index (χ0) is 18.5. The number of benzene rings is 2. The van der Waals surface area contributed by atoms with E-state index >= 15 is 0 Å². The molecular formula is C22H31FO2Si. The summed E-state index contributed by atoms with van der Waals surface area (Å²) in [5.41, 5.74) is 0. The van der Waals surface area contributed by atoms with Crippen LogP contribution in [0.25, 0.3) is 0 Å². The van der Waals surface area contributed by atoms with Crippen LogP contribution in [0.15, 0.2) is 60.7 Å². The van der Waals surface area contributed by atoms with Crippen molar-refractivity contribution in [1.29, 1.82) is 0 Å². The van der Waals surface area contributed by atoms with Crippen molar-refractivity contribution >= 4 is 18.9 Å². The minimum Gasteiger partial charge on any atom is -0.388 e. The third-order valence-electron chi connectivity index (χ3n) is 4.49. The number of hydrogen-bond donors (Lipinski definition) is 0. The van der Waals surface area contributed by atoms with Crippen molar-refractivity contribution in [2.24, 2.45) is 0 Å². The van der Waals surface area contributed by atoms with Gasteiger partial charge < -0.3 is 8.85 Å². The lowest BCUT2D eigenvalue weighted by molar-refractivity contribution is 0.175. The summed E-state index contributed by atoms with van der Waals surface area (Å²) in [4.78, 5) is 0. The van der Waals surface area contributed by atoms with E-state index in [1.54, 1.807) is 0 Å². The first-order valence-corrected chi connectivity index (χ1v) is 11.6. The molecule has 0 bridgehead atoms.